The molecule has 0 aromatic rings. The number of carboxylic acids is 3. The molecule has 15 nitrogen and oxygen atoms in total. The van der Waals surface area contributed by atoms with Crippen molar-refractivity contribution in [3.63, 3.8) is 0 Å². The third-order valence-electron chi connectivity index (χ3n) is 6.95. The molecule has 0 fully saturated rings. The zero-order valence-electron chi connectivity index (χ0n) is 30.7. The van der Waals surface area contributed by atoms with Crippen LogP contribution < -0.4 is 0 Å². The van der Waals surface area contributed by atoms with E-state index in [1.54, 1.807) is 55.4 Å². The molecule has 3 N–H and O–H groups in total. The van der Waals surface area contributed by atoms with Crippen molar-refractivity contribution in [1.29, 1.82) is 0 Å². The molecule has 0 radical (unpaired) electrons. The summed E-state index contributed by atoms with van der Waals surface area (Å²) in [7, 11) is 0. The van der Waals surface area contributed by atoms with E-state index < -0.39 is 64.5 Å². The van der Waals surface area contributed by atoms with Crippen LogP contribution in [0, 0.1) is 22.7 Å². The van der Waals surface area contributed by atoms with Crippen LogP contribution in [0.5, 0.6) is 0 Å². The molecule has 50 heavy (non-hydrogen) atoms. The first-order chi connectivity index (χ1) is 23.0. The lowest BCUT2D eigenvalue weighted by molar-refractivity contribution is -0.159. The number of carbonyl (C=O) groups is 7. The molecule has 3 atom stereocenters. The molecule has 0 aromatic carbocycles. The summed E-state index contributed by atoms with van der Waals surface area (Å²) in [4.78, 5) is 77.7. The zero-order valence-corrected chi connectivity index (χ0v) is 30.7. The second-order valence-corrected chi connectivity index (χ2v) is 12.1. The van der Waals surface area contributed by atoms with E-state index in [9.17, 15) is 33.6 Å². The van der Waals surface area contributed by atoms with Crippen molar-refractivity contribution < 1.29 is 72.6 Å². The smallest absolute Gasteiger partial charge is 0.333 e. The summed E-state index contributed by atoms with van der Waals surface area (Å²) >= 11 is 0. The van der Waals surface area contributed by atoms with Gasteiger partial charge in [-0.05, 0) is 60.3 Å². The van der Waals surface area contributed by atoms with Crippen molar-refractivity contribution in [2.45, 2.75) is 81.1 Å². The third-order valence-corrected chi connectivity index (χ3v) is 6.95. The van der Waals surface area contributed by atoms with Crippen molar-refractivity contribution in [2.75, 3.05) is 39.6 Å². The SMILES string of the molecule is C=C(C)C(=O)OCCOC(=O)C(=C)C.C=CC(=O)O.CCC(CC(C)(C)C(=O)OCCOCCOC(=O)C(C)(CC)CC(C)C(=O)O)C(=O)O. The summed E-state index contributed by atoms with van der Waals surface area (Å²) in [5.41, 5.74) is -1.18. The molecule has 15 heteroatoms. The van der Waals surface area contributed by atoms with Gasteiger partial charge in [-0.15, -0.1) is 0 Å². The van der Waals surface area contributed by atoms with E-state index in [0.717, 1.165) is 6.08 Å². The highest BCUT2D eigenvalue weighted by molar-refractivity contribution is 5.87. The van der Waals surface area contributed by atoms with Crippen LogP contribution in [-0.4, -0.2) is 96.7 Å². The number of esters is 4. The molecule has 286 valence electrons. The minimum absolute atomic E-state index is 0.00285. The van der Waals surface area contributed by atoms with Crippen molar-refractivity contribution >= 4 is 41.8 Å². The number of ether oxygens (including phenoxy) is 5. The van der Waals surface area contributed by atoms with Gasteiger partial charge >= 0.3 is 41.8 Å². The van der Waals surface area contributed by atoms with Gasteiger partial charge in [0, 0.05) is 17.2 Å². The minimum Gasteiger partial charge on any atom is -0.481 e. The lowest BCUT2D eigenvalue weighted by Crippen LogP contribution is -2.33. The molecule has 0 bridgehead atoms. The average Bonchev–Trinajstić information content (AvgIpc) is 3.04. The molecule has 0 aliphatic heterocycles. The Bertz CT molecular complexity index is 1140. The maximum Gasteiger partial charge on any atom is 0.333 e. The summed E-state index contributed by atoms with van der Waals surface area (Å²) in [6, 6.07) is 0. The molecule has 0 aliphatic carbocycles. The average molecular weight is 717 g/mol. The van der Waals surface area contributed by atoms with Gasteiger partial charge in [-0.25, -0.2) is 14.4 Å². The Balaban J connectivity index is -0.000000954. The molecule has 0 aromatic heterocycles. The van der Waals surface area contributed by atoms with Gasteiger partial charge in [-0.3, -0.25) is 19.2 Å². The van der Waals surface area contributed by atoms with Gasteiger partial charge in [0.15, 0.2) is 0 Å². The molecule has 0 spiro atoms. The Morgan fingerprint density at radius 1 is 0.680 bits per heavy atom. The van der Waals surface area contributed by atoms with E-state index in [-0.39, 0.29) is 52.5 Å². The van der Waals surface area contributed by atoms with E-state index in [0.29, 0.717) is 24.0 Å². The van der Waals surface area contributed by atoms with Crippen LogP contribution in [0.25, 0.3) is 0 Å². The molecule has 0 aliphatic rings. The molecule has 0 saturated heterocycles. The van der Waals surface area contributed by atoms with Crippen LogP contribution in [-0.2, 0) is 57.2 Å². The molecule has 0 heterocycles. The molecular weight excluding hydrogens is 660 g/mol. The van der Waals surface area contributed by atoms with Crippen molar-refractivity contribution in [2.24, 2.45) is 22.7 Å². The standard InChI is InChI=1S/C22H38O9.C10H14O4.C3H4O2/c1-7-16(18(25)26)14-21(4,5)19(27)30-11-9-29-10-12-31-20(28)22(6,8-2)13-15(3)17(23)24;1-7(2)9(11)13-5-6-14-10(12)8(3)4;1-2-3(4)5/h15-16H,7-14H2,1-6H3,(H,23,24)(H,25,26);1,3,5-6H2,2,4H3;2H,1H2,(H,4,5). The molecule has 3 unspecified atom stereocenters. The highest BCUT2D eigenvalue weighted by Crippen LogP contribution is 2.32. The topological polar surface area (TPSA) is 226 Å². The van der Waals surface area contributed by atoms with Crippen molar-refractivity contribution in [3.05, 3.63) is 37.0 Å². The predicted molar refractivity (Wildman–Crippen MR) is 182 cm³/mol. The van der Waals surface area contributed by atoms with Gasteiger partial charge in [0.25, 0.3) is 0 Å². The summed E-state index contributed by atoms with van der Waals surface area (Å²) in [5, 5.41) is 25.8. The number of rotatable bonds is 22. The predicted octanol–water partition coefficient (Wildman–Crippen LogP) is 4.63. The largest absolute Gasteiger partial charge is 0.481 e. The molecule has 0 saturated carbocycles. The van der Waals surface area contributed by atoms with Crippen LogP contribution in [0.3, 0.4) is 0 Å². The fraction of sp³-hybridized carbons (Fsp3) is 0.629. The Morgan fingerprint density at radius 3 is 1.40 bits per heavy atom. The van der Waals surface area contributed by atoms with Crippen LogP contribution in [0.1, 0.15) is 81.1 Å². The van der Waals surface area contributed by atoms with Gasteiger partial charge in [-0.1, -0.05) is 40.5 Å². The fourth-order valence-electron chi connectivity index (χ4n) is 3.61. The normalized spacial score (nSPS) is 12.7. The lowest BCUT2D eigenvalue weighted by Gasteiger charge is -2.27. The van der Waals surface area contributed by atoms with E-state index in [1.807, 2.05) is 0 Å². The number of hydrogen-bond acceptors (Lipinski definition) is 12. The van der Waals surface area contributed by atoms with Gasteiger partial charge in [-0.2, -0.15) is 0 Å². The number of aliphatic carboxylic acids is 3. The summed E-state index contributed by atoms with van der Waals surface area (Å²) in [5.74, 6) is -6.08. The van der Waals surface area contributed by atoms with Crippen molar-refractivity contribution in [3.8, 4) is 0 Å². The Morgan fingerprint density at radius 2 is 1.08 bits per heavy atom. The highest BCUT2D eigenvalue weighted by atomic mass is 16.6. The van der Waals surface area contributed by atoms with Crippen LogP contribution in [0.2, 0.25) is 0 Å². The van der Waals surface area contributed by atoms with Gasteiger partial charge in [0.2, 0.25) is 0 Å². The number of hydrogen-bond donors (Lipinski definition) is 3. The Kier molecular flexibility index (Phi) is 26.3. The van der Waals surface area contributed by atoms with Crippen LogP contribution >= 0.6 is 0 Å². The Hall–Kier alpha value is -4.53. The summed E-state index contributed by atoms with van der Waals surface area (Å²) < 4.78 is 25.1. The van der Waals surface area contributed by atoms with Gasteiger partial charge < -0.3 is 39.0 Å². The second kappa shape index (κ2) is 26.4. The van der Waals surface area contributed by atoms with E-state index >= 15 is 0 Å². The maximum atomic E-state index is 12.3. The van der Waals surface area contributed by atoms with E-state index in [2.05, 4.69) is 29.2 Å². The van der Waals surface area contributed by atoms with E-state index in [4.69, 9.17) is 29.5 Å². The van der Waals surface area contributed by atoms with Crippen molar-refractivity contribution in [1.82, 2.24) is 0 Å². The zero-order chi connectivity index (χ0) is 39.7. The van der Waals surface area contributed by atoms with E-state index in [1.165, 1.54) is 0 Å². The monoisotopic (exact) mass is 716 g/mol. The number of carboxylic acid groups (broad SMARTS) is 3. The third kappa shape index (κ3) is 23.7. The Labute approximate surface area is 294 Å². The van der Waals surface area contributed by atoms with Crippen LogP contribution in [0.15, 0.2) is 37.0 Å². The molecule has 0 rings (SSSR count). The highest BCUT2D eigenvalue weighted by Gasteiger charge is 2.36. The second-order valence-electron chi connectivity index (χ2n) is 12.1. The summed E-state index contributed by atoms with van der Waals surface area (Å²) in [6.45, 7) is 23.2. The quantitative estimate of drug-likeness (QED) is 0.0601. The first-order valence-corrected chi connectivity index (χ1v) is 15.9. The van der Waals surface area contributed by atoms with Gasteiger partial charge in [0.05, 0.1) is 35.9 Å². The first kappa shape index (κ1) is 49.9. The van der Waals surface area contributed by atoms with Crippen LogP contribution in [0.4, 0.5) is 0 Å². The van der Waals surface area contributed by atoms with Gasteiger partial charge in [0.1, 0.15) is 26.4 Å². The molecular formula is C35H56O15. The fourth-order valence-corrected chi connectivity index (χ4v) is 3.61. The first-order valence-electron chi connectivity index (χ1n) is 15.9. The molecule has 0 amide bonds. The lowest BCUT2D eigenvalue weighted by atomic mass is 9.79. The maximum absolute atomic E-state index is 12.3. The minimum atomic E-state index is -0.981. The summed E-state index contributed by atoms with van der Waals surface area (Å²) in [6.07, 6.45) is 2.09. The number of carbonyl (C=O) groups excluding carboxylic acids is 4.